The van der Waals surface area contributed by atoms with Crippen LogP contribution in [-0.4, -0.2) is 33.3 Å². The van der Waals surface area contributed by atoms with E-state index >= 15 is 0 Å². The predicted molar refractivity (Wildman–Crippen MR) is 55.1 cm³/mol. The Bertz CT molecular complexity index is 289. The zero-order valence-electron chi connectivity index (χ0n) is 8.19. The summed E-state index contributed by atoms with van der Waals surface area (Å²) < 4.78 is 10.2. The Balaban J connectivity index is 2.64. The van der Waals surface area contributed by atoms with Gasteiger partial charge in [-0.25, -0.2) is 0 Å². The maximum Gasteiger partial charge on any atom is 0.119 e. The van der Waals surface area contributed by atoms with E-state index in [0.717, 1.165) is 5.56 Å². The lowest BCUT2D eigenvalue weighted by atomic mass is 9.94. The molecule has 0 aliphatic carbocycles. The number of benzene rings is 1. The molecule has 0 aliphatic rings. The third kappa shape index (κ3) is 3.05. The highest BCUT2D eigenvalue weighted by Gasteiger charge is 2.00. The molecule has 3 nitrogen and oxygen atoms in total. The first-order valence-electron chi connectivity index (χ1n) is 4.39. The molecule has 1 rings (SSSR count). The number of rotatable bonds is 5. The minimum absolute atomic E-state index is 0.0130. The van der Waals surface area contributed by atoms with Crippen molar-refractivity contribution in [2.24, 2.45) is 0 Å². The van der Waals surface area contributed by atoms with Gasteiger partial charge in [0.25, 0.3) is 0 Å². The van der Waals surface area contributed by atoms with Crippen molar-refractivity contribution in [1.29, 1.82) is 0 Å². The lowest BCUT2D eigenvalue weighted by molar-refractivity contribution is 0.146. The molecule has 1 aromatic rings. The summed E-state index contributed by atoms with van der Waals surface area (Å²) in [6, 6.07) is 5.21. The molecule has 0 atom stereocenters. The molecule has 0 fully saturated rings. The third-order valence-electron chi connectivity index (χ3n) is 1.81. The Kier molecular flexibility index (Phi) is 4.49. The molecule has 0 unspecified atom stereocenters. The van der Waals surface area contributed by atoms with Gasteiger partial charge in [-0.3, -0.25) is 0 Å². The minimum Gasteiger partial charge on any atom is -0.492 e. The van der Waals surface area contributed by atoms with E-state index in [4.69, 9.17) is 22.4 Å². The molecule has 0 aliphatic heterocycles. The highest BCUT2D eigenvalue weighted by Crippen LogP contribution is 2.09. The number of hydrogen-bond acceptors (Lipinski definition) is 3. The fourth-order valence-corrected chi connectivity index (χ4v) is 1.04. The van der Waals surface area contributed by atoms with Crippen LogP contribution in [0.15, 0.2) is 18.2 Å². The van der Waals surface area contributed by atoms with E-state index in [1.807, 2.05) is 0 Å². The highest BCUT2D eigenvalue weighted by atomic mass is 16.5. The van der Waals surface area contributed by atoms with Crippen molar-refractivity contribution in [1.82, 2.24) is 0 Å². The molecule has 2 radical (unpaired) electrons. The number of aliphatic hydroxyl groups is 1. The summed E-state index contributed by atoms with van der Waals surface area (Å²) in [5.41, 5.74) is 1.35. The van der Waals surface area contributed by atoms with Crippen LogP contribution in [0.2, 0.25) is 0 Å². The monoisotopic (exact) mass is 192 g/mol. The van der Waals surface area contributed by atoms with E-state index in [1.54, 1.807) is 25.3 Å². The number of aliphatic hydroxyl groups excluding tert-OH is 1. The van der Waals surface area contributed by atoms with Crippen molar-refractivity contribution in [3.63, 3.8) is 0 Å². The summed E-state index contributed by atoms with van der Waals surface area (Å²) in [6.45, 7) is 0.958. The standard InChI is InChI=1S/C10H13BO3/c1-13-4-5-14-10-6-8(7-12)2-3-9(10)11/h2-3,6,12H,4-5,7H2,1H3. The summed E-state index contributed by atoms with van der Waals surface area (Å²) in [6.07, 6.45) is 0. The molecule has 0 saturated carbocycles. The molecule has 0 saturated heterocycles. The van der Waals surface area contributed by atoms with Crippen molar-refractivity contribution in [2.45, 2.75) is 6.61 Å². The van der Waals surface area contributed by atoms with E-state index in [-0.39, 0.29) is 6.61 Å². The van der Waals surface area contributed by atoms with Crippen molar-refractivity contribution >= 4 is 13.3 Å². The second kappa shape index (κ2) is 5.68. The molecule has 0 aromatic heterocycles. The molecule has 0 spiro atoms. The van der Waals surface area contributed by atoms with Gasteiger partial charge in [-0.05, 0) is 11.6 Å². The van der Waals surface area contributed by atoms with Gasteiger partial charge in [0.2, 0.25) is 0 Å². The fraction of sp³-hybridized carbons (Fsp3) is 0.400. The van der Waals surface area contributed by atoms with Crippen LogP contribution < -0.4 is 10.2 Å². The molecule has 1 aromatic carbocycles. The normalized spacial score (nSPS) is 10.1. The average molecular weight is 192 g/mol. The Morgan fingerprint density at radius 1 is 1.36 bits per heavy atom. The Morgan fingerprint density at radius 2 is 2.14 bits per heavy atom. The van der Waals surface area contributed by atoms with Crippen LogP contribution in [0, 0.1) is 0 Å². The van der Waals surface area contributed by atoms with Crippen molar-refractivity contribution in [2.75, 3.05) is 20.3 Å². The van der Waals surface area contributed by atoms with E-state index < -0.39 is 0 Å². The SMILES string of the molecule is [B]c1ccc(CO)cc1OCCOC. The first-order chi connectivity index (χ1) is 6.77. The van der Waals surface area contributed by atoms with Gasteiger partial charge in [-0.1, -0.05) is 17.6 Å². The van der Waals surface area contributed by atoms with Crippen molar-refractivity contribution in [3.8, 4) is 5.75 Å². The van der Waals surface area contributed by atoms with E-state index in [9.17, 15) is 0 Å². The van der Waals surface area contributed by atoms with Crippen molar-refractivity contribution < 1.29 is 14.6 Å². The average Bonchev–Trinajstić information content (AvgIpc) is 2.21. The molecule has 1 N–H and O–H groups in total. The van der Waals surface area contributed by atoms with Gasteiger partial charge in [0, 0.05) is 7.11 Å². The molecular formula is C10H13BO3. The number of ether oxygens (including phenoxy) is 2. The molecule has 74 valence electrons. The molecule has 4 heteroatoms. The first-order valence-corrected chi connectivity index (χ1v) is 4.39. The van der Waals surface area contributed by atoms with Gasteiger partial charge in [-0.2, -0.15) is 0 Å². The second-order valence-corrected chi connectivity index (χ2v) is 2.87. The zero-order valence-corrected chi connectivity index (χ0v) is 8.19. The van der Waals surface area contributed by atoms with Gasteiger partial charge < -0.3 is 14.6 Å². The first kappa shape index (κ1) is 11.1. The van der Waals surface area contributed by atoms with E-state index in [2.05, 4.69) is 0 Å². The van der Waals surface area contributed by atoms with Gasteiger partial charge in [-0.15, -0.1) is 0 Å². The summed E-state index contributed by atoms with van der Waals surface area (Å²) in [7, 11) is 7.29. The lowest BCUT2D eigenvalue weighted by Gasteiger charge is -2.10. The Labute approximate surface area is 85.1 Å². The quantitative estimate of drug-likeness (QED) is 0.527. The summed E-state index contributed by atoms with van der Waals surface area (Å²) in [5, 5.41) is 8.90. The number of methoxy groups -OCH3 is 1. The second-order valence-electron chi connectivity index (χ2n) is 2.87. The van der Waals surface area contributed by atoms with Crippen LogP contribution in [0.5, 0.6) is 5.75 Å². The lowest BCUT2D eigenvalue weighted by Crippen LogP contribution is -2.13. The molecule has 0 heterocycles. The van der Waals surface area contributed by atoms with Gasteiger partial charge >= 0.3 is 0 Å². The van der Waals surface area contributed by atoms with E-state index in [1.165, 1.54) is 0 Å². The largest absolute Gasteiger partial charge is 0.492 e. The molecular weight excluding hydrogens is 179 g/mol. The highest BCUT2D eigenvalue weighted by molar-refractivity contribution is 6.34. The van der Waals surface area contributed by atoms with Crippen LogP contribution >= 0.6 is 0 Å². The zero-order chi connectivity index (χ0) is 10.4. The third-order valence-corrected chi connectivity index (χ3v) is 1.81. The summed E-state index contributed by atoms with van der Waals surface area (Å²) in [4.78, 5) is 0. The minimum atomic E-state index is -0.0130. The Hall–Kier alpha value is -0.995. The topological polar surface area (TPSA) is 38.7 Å². The van der Waals surface area contributed by atoms with Crippen LogP contribution in [0.4, 0.5) is 0 Å². The van der Waals surface area contributed by atoms with Crippen molar-refractivity contribution in [3.05, 3.63) is 23.8 Å². The van der Waals surface area contributed by atoms with Crippen LogP contribution in [0.25, 0.3) is 0 Å². The maximum absolute atomic E-state index is 8.90. The molecule has 0 amide bonds. The van der Waals surface area contributed by atoms with Gasteiger partial charge in [0.1, 0.15) is 20.2 Å². The van der Waals surface area contributed by atoms with Gasteiger partial charge in [0.15, 0.2) is 0 Å². The Morgan fingerprint density at radius 3 is 2.79 bits per heavy atom. The van der Waals surface area contributed by atoms with E-state index in [0.29, 0.717) is 24.4 Å². The van der Waals surface area contributed by atoms with Crippen LogP contribution in [-0.2, 0) is 11.3 Å². The van der Waals surface area contributed by atoms with Gasteiger partial charge in [0.05, 0.1) is 13.2 Å². The molecule has 14 heavy (non-hydrogen) atoms. The number of hydrogen-bond donors (Lipinski definition) is 1. The van der Waals surface area contributed by atoms with Crippen LogP contribution in [0.3, 0.4) is 0 Å². The summed E-state index contributed by atoms with van der Waals surface area (Å²) in [5.74, 6) is 0.591. The predicted octanol–water partition coefficient (Wildman–Crippen LogP) is -0.00210. The van der Waals surface area contributed by atoms with Crippen LogP contribution in [0.1, 0.15) is 5.56 Å². The summed E-state index contributed by atoms with van der Waals surface area (Å²) >= 11 is 0. The fourth-order valence-electron chi connectivity index (χ4n) is 1.04. The smallest absolute Gasteiger partial charge is 0.119 e. The maximum atomic E-state index is 8.90. The molecule has 0 bridgehead atoms.